The summed E-state index contributed by atoms with van der Waals surface area (Å²) in [5.74, 6) is -2.87. The van der Waals surface area contributed by atoms with Gasteiger partial charge in [-0.05, 0) is 34.9 Å². The first-order valence-corrected chi connectivity index (χ1v) is 9.30. The summed E-state index contributed by atoms with van der Waals surface area (Å²) >= 11 is 0. The summed E-state index contributed by atoms with van der Waals surface area (Å²) < 4.78 is 26.9. The Hall–Kier alpha value is -3.39. The molecule has 0 saturated heterocycles. The molecule has 0 radical (unpaired) electrons. The van der Waals surface area contributed by atoms with E-state index >= 15 is 0 Å². The molecular weight excluding hydrogens is 394 g/mol. The lowest BCUT2D eigenvalue weighted by Gasteiger charge is -2.25. The minimum absolute atomic E-state index is 0.113. The molecule has 8 heteroatoms. The Kier molecular flexibility index (Phi) is 6.37. The molecule has 0 aliphatic rings. The summed E-state index contributed by atoms with van der Waals surface area (Å²) in [6.07, 6.45) is 0.235. The third-order valence-electron chi connectivity index (χ3n) is 5.02. The molecule has 156 valence electrons. The van der Waals surface area contributed by atoms with Gasteiger partial charge in [-0.25, -0.2) is 8.78 Å². The summed E-state index contributed by atoms with van der Waals surface area (Å²) in [5.41, 5.74) is 0.430. The van der Waals surface area contributed by atoms with Crippen molar-refractivity contribution in [1.29, 1.82) is 0 Å². The number of halogens is 2. The minimum atomic E-state index is -1.01. The zero-order valence-corrected chi connectivity index (χ0v) is 16.2. The molecule has 0 aromatic heterocycles. The van der Waals surface area contributed by atoms with Gasteiger partial charge >= 0.3 is 0 Å². The number of hydrogen-bond acceptors (Lipinski definition) is 4. The van der Waals surface area contributed by atoms with Crippen molar-refractivity contribution in [3.05, 3.63) is 87.5 Å². The van der Waals surface area contributed by atoms with Crippen LogP contribution in [0.4, 0.5) is 14.5 Å². The number of hydrogen-bond donors (Lipinski definition) is 1. The second-order valence-corrected chi connectivity index (χ2v) is 7.04. The Labute approximate surface area is 171 Å². The first kappa shape index (κ1) is 21.3. The molecule has 0 fully saturated rings. The largest absolute Gasteiger partial charge is 0.396 e. The number of aliphatic hydroxyl groups is 1. The van der Waals surface area contributed by atoms with Crippen LogP contribution in [0, 0.1) is 21.7 Å². The quantitative estimate of drug-likeness (QED) is 0.462. The van der Waals surface area contributed by atoms with Crippen LogP contribution in [0.2, 0.25) is 0 Å². The molecule has 1 N–H and O–H groups in total. The highest BCUT2D eigenvalue weighted by Gasteiger charge is 2.23. The van der Waals surface area contributed by atoms with E-state index in [1.54, 1.807) is 24.3 Å². The molecule has 3 aromatic carbocycles. The summed E-state index contributed by atoms with van der Waals surface area (Å²) in [6.45, 7) is -0.0904. The van der Waals surface area contributed by atoms with E-state index in [2.05, 4.69) is 0 Å². The summed E-state index contributed by atoms with van der Waals surface area (Å²) in [5, 5.41) is 21.8. The number of benzene rings is 3. The van der Waals surface area contributed by atoms with Gasteiger partial charge in [0, 0.05) is 38.2 Å². The molecule has 1 atom stereocenters. The van der Waals surface area contributed by atoms with Gasteiger partial charge in [-0.2, -0.15) is 0 Å². The topological polar surface area (TPSA) is 83.7 Å². The molecule has 3 aromatic rings. The monoisotopic (exact) mass is 414 g/mol. The van der Waals surface area contributed by atoms with Crippen LogP contribution in [-0.2, 0) is 0 Å². The van der Waals surface area contributed by atoms with Crippen molar-refractivity contribution in [2.24, 2.45) is 0 Å². The average Bonchev–Trinajstić information content (AvgIpc) is 2.73. The van der Waals surface area contributed by atoms with Gasteiger partial charge in [0.15, 0.2) is 11.6 Å². The van der Waals surface area contributed by atoms with Crippen molar-refractivity contribution in [2.75, 3.05) is 20.2 Å². The Balaban J connectivity index is 1.94. The van der Waals surface area contributed by atoms with Crippen LogP contribution >= 0.6 is 0 Å². The van der Waals surface area contributed by atoms with Crippen molar-refractivity contribution in [3.8, 4) is 0 Å². The number of fused-ring (bicyclic) bond motifs is 1. The molecule has 0 saturated carbocycles. The number of amides is 1. The molecule has 3 rings (SSSR count). The maximum atomic E-state index is 13.7. The van der Waals surface area contributed by atoms with E-state index in [0.29, 0.717) is 16.3 Å². The maximum absolute atomic E-state index is 13.7. The van der Waals surface area contributed by atoms with Crippen molar-refractivity contribution < 1.29 is 23.6 Å². The number of aliphatic hydroxyl groups excluding tert-OH is 1. The molecular formula is C22H20F2N2O4. The SMILES string of the molecule is CN(CC(CCO)c1ccc(F)c(F)c1)C(=O)c1cc([N+](=O)[O-])cc2ccccc12. The second kappa shape index (κ2) is 8.96. The van der Waals surface area contributed by atoms with Gasteiger partial charge in [0.2, 0.25) is 0 Å². The number of carbonyl (C=O) groups excluding carboxylic acids is 1. The molecule has 6 nitrogen and oxygen atoms in total. The normalized spacial score (nSPS) is 12.0. The van der Waals surface area contributed by atoms with Gasteiger partial charge < -0.3 is 10.0 Å². The minimum Gasteiger partial charge on any atom is -0.396 e. The van der Waals surface area contributed by atoms with Crippen LogP contribution in [-0.4, -0.2) is 41.0 Å². The van der Waals surface area contributed by atoms with Crippen LogP contribution in [0.25, 0.3) is 10.8 Å². The lowest BCUT2D eigenvalue weighted by Crippen LogP contribution is -2.31. The Morgan fingerprint density at radius 2 is 1.87 bits per heavy atom. The lowest BCUT2D eigenvalue weighted by atomic mass is 9.94. The number of nitro groups is 1. The van der Waals surface area contributed by atoms with Crippen molar-refractivity contribution in [2.45, 2.75) is 12.3 Å². The molecule has 1 unspecified atom stereocenters. The van der Waals surface area contributed by atoms with E-state index < -0.39 is 28.4 Å². The predicted octanol–water partition coefficient (Wildman–Crippen LogP) is 4.26. The number of non-ortho nitro benzene ring substituents is 1. The molecule has 0 aliphatic heterocycles. The van der Waals surface area contributed by atoms with E-state index in [0.717, 1.165) is 12.1 Å². The van der Waals surface area contributed by atoms with Crippen LogP contribution in [0.3, 0.4) is 0 Å². The van der Waals surface area contributed by atoms with E-state index in [1.165, 1.54) is 30.1 Å². The molecule has 0 bridgehead atoms. The summed E-state index contributed by atoms with van der Waals surface area (Å²) in [7, 11) is 1.53. The van der Waals surface area contributed by atoms with Crippen LogP contribution in [0.15, 0.2) is 54.6 Å². The first-order valence-electron chi connectivity index (χ1n) is 9.30. The summed E-state index contributed by atoms with van der Waals surface area (Å²) in [6, 6.07) is 13.0. The van der Waals surface area contributed by atoms with E-state index in [9.17, 15) is 28.8 Å². The van der Waals surface area contributed by atoms with Gasteiger partial charge in [0.1, 0.15) is 0 Å². The Bertz CT molecular complexity index is 1100. The van der Waals surface area contributed by atoms with Crippen LogP contribution < -0.4 is 0 Å². The first-order chi connectivity index (χ1) is 14.3. The molecule has 0 heterocycles. The van der Waals surface area contributed by atoms with E-state index in [4.69, 9.17) is 0 Å². The zero-order valence-electron chi connectivity index (χ0n) is 16.2. The van der Waals surface area contributed by atoms with Crippen molar-refractivity contribution >= 4 is 22.4 Å². The maximum Gasteiger partial charge on any atom is 0.270 e. The van der Waals surface area contributed by atoms with Gasteiger partial charge in [0.05, 0.1) is 10.5 Å². The number of nitro benzene ring substituents is 1. The van der Waals surface area contributed by atoms with Crippen LogP contribution in [0.5, 0.6) is 0 Å². The number of nitrogens with zero attached hydrogens (tertiary/aromatic N) is 2. The second-order valence-electron chi connectivity index (χ2n) is 7.04. The van der Waals surface area contributed by atoms with Crippen LogP contribution in [0.1, 0.15) is 28.3 Å². The Morgan fingerprint density at radius 3 is 2.53 bits per heavy atom. The average molecular weight is 414 g/mol. The van der Waals surface area contributed by atoms with Gasteiger partial charge in [-0.1, -0.05) is 30.3 Å². The standard InChI is InChI=1S/C22H20F2N2O4/c1-25(13-16(8-9-27)14-6-7-20(23)21(24)11-14)22(28)19-12-17(26(29)30)10-15-4-2-3-5-18(15)19/h2-7,10-12,16,27H,8-9,13H2,1H3. The fourth-order valence-corrected chi connectivity index (χ4v) is 3.48. The smallest absolute Gasteiger partial charge is 0.270 e. The van der Waals surface area contributed by atoms with E-state index in [1.807, 2.05) is 0 Å². The number of rotatable bonds is 7. The zero-order chi connectivity index (χ0) is 21.8. The Morgan fingerprint density at radius 1 is 1.13 bits per heavy atom. The third kappa shape index (κ3) is 4.44. The molecule has 0 spiro atoms. The van der Waals surface area contributed by atoms with Gasteiger partial charge in [0.25, 0.3) is 11.6 Å². The number of likely N-dealkylation sites (N-methyl/N-ethyl adjacent to an activating group) is 1. The lowest BCUT2D eigenvalue weighted by molar-refractivity contribution is -0.384. The highest BCUT2D eigenvalue weighted by Crippen LogP contribution is 2.28. The van der Waals surface area contributed by atoms with Crippen molar-refractivity contribution in [3.63, 3.8) is 0 Å². The molecule has 0 aliphatic carbocycles. The van der Waals surface area contributed by atoms with E-state index in [-0.39, 0.29) is 30.8 Å². The molecule has 1 amide bonds. The summed E-state index contributed by atoms with van der Waals surface area (Å²) in [4.78, 5) is 25.2. The highest BCUT2D eigenvalue weighted by molar-refractivity contribution is 6.08. The highest BCUT2D eigenvalue weighted by atomic mass is 19.2. The van der Waals surface area contributed by atoms with Gasteiger partial charge in [-0.15, -0.1) is 0 Å². The third-order valence-corrected chi connectivity index (χ3v) is 5.02. The predicted molar refractivity (Wildman–Crippen MR) is 108 cm³/mol. The van der Waals surface area contributed by atoms with Gasteiger partial charge in [-0.3, -0.25) is 14.9 Å². The number of carbonyl (C=O) groups is 1. The van der Waals surface area contributed by atoms with Crippen molar-refractivity contribution in [1.82, 2.24) is 4.90 Å². The molecule has 30 heavy (non-hydrogen) atoms. The fourth-order valence-electron chi connectivity index (χ4n) is 3.48. The fraction of sp³-hybridized carbons (Fsp3) is 0.227.